The summed E-state index contributed by atoms with van der Waals surface area (Å²) in [6.45, 7) is 3.71. The van der Waals surface area contributed by atoms with Gasteiger partial charge in [0.15, 0.2) is 4.80 Å². The molecule has 8 nitrogen and oxygen atoms in total. The van der Waals surface area contributed by atoms with Crippen molar-refractivity contribution in [1.29, 1.82) is 0 Å². The lowest BCUT2D eigenvalue weighted by Gasteiger charge is -2.44. The molecule has 9 heteroatoms. The fraction of sp³-hybridized carbons (Fsp3) is 0.333. The number of hydrogen-bond donors (Lipinski definition) is 0. The first kappa shape index (κ1) is 18.8. The molecular formula is C21H20N4O4S. The van der Waals surface area contributed by atoms with E-state index >= 15 is 0 Å². The van der Waals surface area contributed by atoms with E-state index in [1.807, 2.05) is 44.3 Å². The van der Waals surface area contributed by atoms with Gasteiger partial charge in [0.2, 0.25) is 5.72 Å². The van der Waals surface area contributed by atoms with Gasteiger partial charge in [-0.15, -0.1) is 0 Å². The molecule has 2 bridgehead atoms. The maximum absolute atomic E-state index is 13.5. The summed E-state index contributed by atoms with van der Waals surface area (Å²) >= 11 is 1.29. The second-order valence-corrected chi connectivity index (χ2v) is 8.64. The number of nitrogens with zero attached hydrogens (tertiary/aromatic N) is 4. The third-order valence-corrected chi connectivity index (χ3v) is 6.88. The van der Waals surface area contributed by atoms with Crippen LogP contribution in [0.3, 0.4) is 0 Å². The maximum Gasteiger partial charge on any atom is 0.317 e. The molecule has 30 heavy (non-hydrogen) atoms. The average molecular weight is 424 g/mol. The Balaban J connectivity index is 1.81. The second kappa shape index (κ2) is 6.40. The van der Waals surface area contributed by atoms with Crippen LogP contribution in [0.15, 0.2) is 40.2 Å². The topological polar surface area (TPSA) is 87.7 Å². The van der Waals surface area contributed by atoms with Gasteiger partial charge in [0.25, 0.3) is 5.56 Å². The van der Waals surface area contributed by atoms with Crippen molar-refractivity contribution in [3.05, 3.63) is 67.0 Å². The fourth-order valence-electron chi connectivity index (χ4n) is 4.23. The molecule has 2 aromatic heterocycles. The highest BCUT2D eigenvalue weighted by molar-refractivity contribution is 7.07. The van der Waals surface area contributed by atoms with E-state index in [-0.39, 0.29) is 5.56 Å². The molecule has 0 aliphatic carbocycles. The molecule has 3 aromatic rings. The van der Waals surface area contributed by atoms with Crippen LogP contribution in [-0.4, -0.2) is 33.2 Å². The lowest BCUT2D eigenvalue weighted by Crippen LogP contribution is -2.58. The van der Waals surface area contributed by atoms with Crippen LogP contribution >= 0.6 is 11.3 Å². The summed E-state index contributed by atoms with van der Waals surface area (Å²) < 4.78 is 15.1. The third kappa shape index (κ3) is 2.51. The number of para-hydroxylation sites is 1. The molecule has 2 aliphatic rings. The molecule has 3 atom stereocenters. The molecule has 4 heterocycles. The normalized spacial score (nSPS) is 24.5. The standard InChI is InChI=1S/C21H20N4O4S/c1-11-12(10-22-24(11)3)9-15-18(26)25-17-13-7-5-6-8-14(13)29-21(2,23-20(25)30-15)16(17)19(27)28-4/h5-10,16-17H,1-4H3/b15-9+/t16-,17+,21+/m1/s1. The van der Waals surface area contributed by atoms with Crippen molar-refractivity contribution in [2.45, 2.75) is 25.6 Å². The molecular weight excluding hydrogens is 404 g/mol. The van der Waals surface area contributed by atoms with Gasteiger partial charge >= 0.3 is 5.97 Å². The van der Waals surface area contributed by atoms with Gasteiger partial charge in [-0.3, -0.25) is 18.8 Å². The number of aryl methyl sites for hydroxylation is 1. The van der Waals surface area contributed by atoms with Crippen molar-refractivity contribution in [2.24, 2.45) is 18.0 Å². The van der Waals surface area contributed by atoms with Gasteiger partial charge in [0.1, 0.15) is 11.7 Å². The van der Waals surface area contributed by atoms with Crippen LogP contribution in [0.25, 0.3) is 6.08 Å². The van der Waals surface area contributed by atoms with Gasteiger partial charge in [-0.05, 0) is 26.0 Å². The Bertz CT molecular complexity index is 1370. The molecule has 0 saturated heterocycles. The molecule has 1 aromatic carbocycles. The van der Waals surface area contributed by atoms with Gasteiger partial charge in [0, 0.05) is 23.9 Å². The number of thiazole rings is 1. The second-order valence-electron chi connectivity index (χ2n) is 7.63. The summed E-state index contributed by atoms with van der Waals surface area (Å²) in [6, 6.07) is 6.88. The van der Waals surface area contributed by atoms with E-state index in [0.29, 0.717) is 15.1 Å². The Labute approximate surface area is 175 Å². The van der Waals surface area contributed by atoms with Crippen LogP contribution in [0.5, 0.6) is 5.75 Å². The molecule has 0 amide bonds. The van der Waals surface area contributed by atoms with Gasteiger partial charge < -0.3 is 9.47 Å². The van der Waals surface area contributed by atoms with E-state index in [9.17, 15) is 9.59 Å². The number of hydrogen-bond acceptors (Lipinski definition) is 7. The summed E-state index contributed by atoms with van der Waals surface area (Å²) in [6.07, 6.45) is 3.55. The Morgan fingerprint density at radius 3 is 2.83 bits per heavy atom. The quantitative estimate of drug-likeness (QED) is 0.571. The van der Waals surface area contributed by atoms with Crippen molar-refractivity contribution in [1.82, 2.24) is 14.3 Å². The highest BCUT2D eigenvalue weighted by atomic mass is 32.1. The average Bonchev–Trinajstić information content (AvgIpc) is 3.19. The van der Waals surface area contributed by atoms with E-state index in [1.165, 1.54) is 18.4 Å². The number of carbonyl (C=O) groups is 1. The van der Waals surface area contributed by atoms with E-state index < -0.39 is 23.7 Å². The minimum absolute atomic E-state index is 0.195. The number of carbonyl (C=O) groups excluding carboxylic acids is 1. The van der Waals surface area contributed by atoms with Gasteiger partial charge in [-0.25, -0.2) is 4.99 Å². The van der Waals surface area contributed by atoms with Gasteiger partial charge in [-0.1, -0.05) is 29.5 Å². The molecule has 0 radical (unpaired) electrons. The zero-order chi connectivity index (χ0) is 21.2. The van der Waals surface area contributed by atoms with E-state index in [0.717, 1.165) is 16.8 Å². The monoisotopic (exact) mass is 424 g/mol. The molecule has 154 valence electrons. The van der Waals surface area contributed by atoms with Crippen LogP contribution < -0.4 is 19.6 Å². The number of esters is 1. The molecule has 0 saturated carbocycles. The van der Waals surface area contributed by atoms with Crippen LogP contribution in [-0.2, 0) is 16.6 Å². The number of rotatable bonds is 2. The predicted molar refractivity (Wildman–Crippen MR) is 110 cm³/mol. The highest BCUT2D eigenvalue weighted by Gasteiger charge is 2.55. The summed E-state index contributed by atoms with van der Waals surface area (Å²) in [5, 5.41) is 4.24. The number of aromatic nitrogens is 3. The molecule has 0 spiro atoms. The number of fused-ring (bicyclic) bond motifs is 6. The third-order valence-electron chi connectivity index (χ3n) is 5.89. The van der Waals surface area contributed by atoms with E-state index in [1.54, 1.807) is 22.4 Å². The van der Waals surface area contributed by atoms with E-state index in [2.05, 4.69) is 5.10 Å². The number of methoxy groups -OCH3 is 1. The summed E-state index contributed by atoms with van der Waals surface area (Å²) in [7, 11) is 3.19. The van der Waals surface area contributed by atoms with Crippen molar-refractivity contribution in [3.63, 3.8) is 0 Å². The van der Waals surface area contributed by atoms with Crippen LogP contribution in [0, 0.1) is 12.8 Å². The van der Waals surface area contributed by atoms with Crippen molar-refractivity contribution in [2.75, 3.05) is 7.11 Å². The summed E-state index contributed by atoms with van der Waals surface area (Å²) in [5.74, 6) is -0.616. The zero-order valence-electron chi connectivity index (χ0n) is 16.9. The Morgan fingerprint density at radius 1 is 1.37 bits per heavy atom. The maximum atomic E-state index is 13.5. The number of benzene rings is 1. The van der Waals surface area contributed by atoms with E-state index in [4.69, 9.17) is 14.5 Å². The van der Waals surface area contributed by atoms with Gasteiger partial charge in [-0.2, -0.15) is 5.10 Å². The van der Waals surface area contributed by atoms with Crippen LogP contribution in [0.1, 0.15) is 29.8 Å². The summed E-state index contributed by atoms with van der Waals surface area (Å²) in [4.78, 5) is 31.5. The first-order valence-corrected chi connectivity index (χ1v) is 10.3. The largest absolute Gasteiger partial charge is 0.469 e. The van der Waals surface area contributed by atoms with Gasteiger partial charge in [0.05, 0.1) is 23.9 Å². The lowest BCUT2D eigenvalue weighted by atomic mass is 9.81. The predicted octanol–water partition coefficient (Wildman–Crippen LogP) is 0.901. The zero-order valence-corrected chi connectivity index (χ0v) is 17.8. The first-order valence-electron chi connectivity index (χ1n) is 9.51. The van der Waals surface area contributed by atoms with Crippen molar-refractivity contribution < 1.29 is 14.3 Å². The number of ether oxygens (including phenoxy) is 2. The van der Waals surface area contributed by atoms with Crippen molar-refractivity contribution in [3.8, 4) is 5.75 Å². The highest BCUT2D eigenvalue weighted by Crippen LogP contribution is 2.47. The Morgan fingerprint density at radius 2 is 2.13 bits per heavy atom. The lowest BCUT2D eigenvalue weighted by molar-refractivity contribution is -0.158. The molecule has 2 aliphatic heterocycles. The van der Waals surface area contributed by atoms with Crippen molar-refractivity contribution >= 4 is 23.4 Å². The summed E-state index contributed by atoms with van der Waals surface area (Å²) in [5.41, 5.74) is 1.23. The minimum atomic E-state index is -1.16. The van der Waals surface area contributed by atoms with Crippen LogP contribution in [0.4, 0.5) is 0 Å². The van der Waals surface area contributed by atoms with Crippen LogP contribution in [0.2, 0.25) is 0 Å². The smallest absolute Gasteiger partial charge is 0.317 e. The molecule has 0 fully saturated rings. The molecule has 5 rings (SSSR count). The molecule has 0 N–H and O–H groups in total. The Hall–Kier alpha value is -3.20. The Kier molecular flexibility index (Phi) is 4.01. The SMILES string of the molecule is COC(=O)[C@H]1[C@@H]2c3ccccc3O[C@]1(C)N=c1s/c(=C/c3cnn(C)c3C)c(=O)n12. The fourth-order valence-corrected chi connectivity index (χ4v) is 5.32. The first-order chi connectivity index (χ1) is 14.3. The molecule has 0 unspecified atom stereocenters. The minimum Gasteiger partial charge on any atom is -0.469 e.